The summed E-state index contributed by atoms with van der Waals surface area (Å²) >= 11 is 5.87. The molecule has 0 aliphatic heterocycles. The second-order valence-electron chi connectivity index (χ2n) is 4.19. The minimum atomic E-state index is -0.241. The quantitative estimate of drug-likeness (QED) is 0.857. The first-order valence-electron chi connectivity index (χ1n) is 5.57. The van der Waals surface area contributed by atoms with E-state index >= 15 is 0 Å². The van der Waals surface area contributed by atoms with Gasteiger partial charge in [-0.15, -0.1) is 0 Å². The number of benzene rings is 2. The smallest absolute Gasteiger partial charge is 0.125 e. The van der Waals surface area contributed by atoms with Crippen LogP contribution in [0.5, 0.6) is 0 Å². The number of rotatable bonds is 3. The van der Waals surface area contributed by atoms with Crippen LogP contribution in [0.25, 0.3) is 0 Å². The average molecular weight is 265 g/mol. The third-order valence-corrected chi connectivity index (χ3v) is 3.07. The monoisotopic (exact) mass is 264 g/mol. The summed E-state index contributed by atoms with van der Waals surface area (Å²) in [6.45, 7) is 0.644. The van der Waals surface area contributed by atoms with Crippen molar-refractivity contribution in [3.05, 3.63) is 58.9 Å². The predicted octanol–water partition coefficient (Wildman–Crippen LogP) is 3.70. The SMILES string of the molecule is CN(Cc1ccc(Cl)c(N)c1)c1cccc(F)c1. The van der Waals surface area contributed by atoms with Gasteiger partial charge < -0.3 is 10.6 Å². The Morgan fingerprint density at radius 1 is 1.22 bits per heavy atom. The lowest BCUT2D eigenvalue weighted by molar-refractivity contribution is 0.627. The Labute approximate surface area is 111 Å². The van der Waals surface area contributed by atoms with Gasteiger partial charge in [0, 0.05) is 19.3 Å². The van der Waals surface area contributed by atoms with Gasteiger partial charge in [-0.3, -0.25) is 0 Å². The van der Waals surface area contributed by atoms with Crippen LogP contribution in [-0.4, -0.2) is 7.05 Å². The van der Waals surface area contributed by atoms with Crippen molar-refractivity contribution >= 4 is 23.0 Å². The number of nitrogens with two attached hydrogens (primary N) is 1. The van der Waals surface area contributed by atoms with Crippen LogP contribution in [0.2, 0.25) is 5.02 Å². The molecular formula is C14H14ClFN2. The third kappa shape index (κ3) is 2.93. The lowest BCUT2D eigenvalue weighted by Crippen LogP contribution is -2.16. The summed E-state index contributed by atoms with van der Waals surface area (Å²) in [6.07, 6.45) is 0. The van der Waals surface area contributed by atoms with Crippen molar-refractivity contribution < 1.29 is 4.39 Å². The molecule has 18 heavy (non-hydrogen) atoms. The van der Waals surface area contributed by atoms with Crippen LogP contribution in [0.15, 0.2) is 42.5 Å². The van der Waals surface area contributed by atoms with Crippen LogP contribution in [-0.2, 0) is 6.54 Å². The van der Waals surface area contributed by atoms with Crippen molar-refractivity contribution in [3.63, 3.8) is 0 Å². The first-order valence-corrected chi connectivity index (χ1v) is 5.94. The van der Waals surface area contributed by atoms with E-state index < -0.39 is 0 Å². The summed E-state index contributed by atoms with van der Waals surface area (Å²) in [5, 5.41) is 0.548. The Balaban J connectivity index is 2.16. The van der Waals surface area contributed by atoms with E-state index in [2.05, 4.69) is 0 Å². The molecule has 0 amide bonds. The normalized spacial score (nSPS) is 10.4. The van der Waals surface area contributed by atoms with Crippen molar-refractivity contribution in [2.75, 3.05) is 17.7 Å². The molecule has 0 aromatic heterocycles. The molecule has 0 bridgehead atoms. The second-order valence-corrected chi connectivity index (χ2v) is 4.60. The molecule has 0 fully saturated rings. The maximum Gasteiger partial charge on any atom is 0.125 e. The molecular weight excluding hydrogens is 251 g/mol. The van der Waals surface area contributed by atoms with Crippen LogP contribution >= 0.6 is 11.6 Å². The molecule has 4 heteroatoms. The highest BCUT2D eigenvalue weighted by molar-refractivity contribution is 6.33. The fraction of sp³-hybridized carbons (Fsp3) is 0.143. The Hall–Kier alpha value is -1.74. The molecule has 2 aromatic rings. The molecule has 0 aliphatic rings. The fourth-order valence-corrected chi connectivity index (χ4v) is 1.89. The van der Waals surface area contributed by atoms with Gasteiger partial charge in [0.05, 0.1) is 10.7 Å². The first-order chi connectivity index (χ1) is 8.56. The van der Waals surface area contributed by atoms with Crippen LogP contribution in [0, 0.1) is 5.82 Å². The van der Waals surface area contributed by atoms with Gasteiger partial charge in [0.25, 0.3) is 0 Å². The molecule has 0 heterocycles. The van der Waals surface area contributed by atoms with Gasteiger partial charge in [0.15, 0.2) is 0 Å². The van der Waals surface area contributed by atoms with E-state index in [-0.39, 0.29) is 5.82 Å². The molecule has 0 aliphatic carbocycles. The van der Waals surface area contributed by atoms with Gasteiger partial charge in [-0.25, -0.2) is 4.39 Å². The largest absolute Gasteiger partial charge is 0.398 e. The molecule has 0 atom stereocenters. The summed E-state index contributed by atoms with van der Waals surface area (Å²) < 4.78 is 13.1. The molecule has 0 spiro atoms. The Morgan fingerprint density at radius 3 is 2.67 bits per heavy atom. The number of nitrogens with zero attached hydrogens (tertiary/aromatic N) is 1. The van der Waals surface area contributed by atoms with Gasteiger partial charge in [-0.1, -0.05) is 23.7 Å². The van der Waals surface area contributed by atoms with Crippen LogP contribution in [0.3, 0.4) is 0 Å². The van der Waals surface area contributed by atoms with E-state index in [1.807, 2.05) is 30.1 Å². The molecule has 2 rings (SSSR count). The van der Waals surface area contributed by atoms with Crippen molar-refractivity contribution in [3.8, 4) is 0 Å². The standard InChI is InChI=1S/C14H14ClFN2/c1-18(12-4-2-3-11(16)8-12)9-10-5-6-13(15)14(17)7-10/h2-8H,9,17H2,1H3. The maximum absolute atomic E-state index is 13.1. The van der Waals surface area contributed by atoms with E-state index in [9.17, 15) is 4.39 Å². The lowest BCUT2D eigenvalue weighted by atomic mass is 10.2. The Kier molecular flexibility index (Phi) is 3.72. The summed E-state index contributed by atoms with van der Waals surface area (Å²) in [5.74, 6) is -0.241. The molecule has 0 radical (unpaired) electrons. The zero-order valence-electron chi connectivity index (χ0n) is 10.0. The first kappa shape index (κ1) is 12.7. The minimum Gasteiger partial charge on any atom is -0.398 e. The topological polar surface area (TPSA) is 29.3 Å². The second kappa shape index (κ2) is 5.27. The number of hydrogen-bond donors (Lipinski definition) is 1. The highest BCUT2D eigenvalue weighted by atomic mass is 35.5. The molecule has 0 unspecified atom stereocenters. The minimum absolute atomic E-state index is 0.241. The molecule has 0 saturated carbocycles. The van der Waals surface area contributed by atoms with Crippen LogP contribution in [0.1, 0.15) is 5.56 Å². The van der Waals surface area contributed by atoms with Crippen molar-refractivity contribution in [1.29, 1.82) is 0 Å². The summed E-state index contributed by atoms with van der Waals surface area (Å²) in [4.78, 5) is 1.95. The Bertz CT molecular complexity index is 557. The number of hydrogen-bond acceptors (Lipinski definition) is 2. The molecule has 2 N–H and O–H groups in total. The van der Waals surface area contributed by atoms with E-state index in [1.54, 1.807) is 12.1 Å². The molecule has 0 saturated heterocycles. The van der Waals surface area contributed by atoms with Crippen molar-refractivity contribution in [1.82, 2.24) is 0 Å². The summed E-state index contributed by atoms with van der Waals surface area (Å²) in [5.41, 5.74) is 8.16. The van der Waals surface area contributed by atoms with Gasteiger partial charge >= 0.3 is 0 Å². The van der Waals surface area contributed by atoms with Gasteiger partial charge in [-0.05, 0) is 35.9 Å². The third-order valence-electron chi connectivity index (χ3n) is 2.73. The van der Waals surface area contributed by atoms with E-state index in [1.165, 1.54) is 12.1 Å². The number of nitrogen functional groups attached to an aromatic ring is 1. The van der Waals surface area contributed by atoms with E-state index in [4.69, 9.17) is 17.3 Å². The highest BCUT2D eigenvalue weighted by Gasteiger charge is 2.04. The van der Waals surface area contributed by atoms with Gasteiger partial charge in [-0.2, -0.15) is 0 Å². The number of anilines is 2. The summed E-state index contributed by atoms with van der Waals surface area (Å²) in [7, 11) is 1.90. The number of halogens is 2. The predicted molar refractivity (Wildman–Crippen MR) is 74.4 cm³/mol. The van der Waals surface area contributed by atoms with Gasteiger partial charge in [0.1, 0.15) is 5.82 Å². The van der Waals surface area contributed by atoms with E-state index in [0.29, 0.717) is 17.3 Å². The zero-order chi connectivity index (χ0) is 13.1. The summed E-state index contributed by atoms with van der Waals surface area (Å²) in [6, 6.07) is 12.0. The highest BCUT2D eigenvalue weighted by Crippen LogP contribution is 2.22. The molecule has 2 nitrogen and oxygen atoms in total. The average Bonchev–Trinajstić information content (AvgIpc) is 2.34. The fourth-order valence-electron chi connectivity index (χ4n) is 1.77. The van der Waals surface area contributed by atoms with Crippen molar-refractivity contribution in [2.24, 2.45) is 0 Å². The van der Waals surface area contributed by atoms with E-state index in [0.717, 1.165) is 11.3 Å². The maximum atomic E-state index is 13.1. The molecule has 2 aromatic carbocycles. The Morgan fingerprint density at radius 2 is 2.00 bits per heavy atom. The molecule has 94 valence electrons. The van der Waals surface area contributed by atoms with Crippen LogP contribution < -0.4 is 10.6 Å². The van der Waals surface area contributed by atoms with Crippen LogP contribution in [0.4, 0.5) is 15.8 Å². The lowest BCUT2D eigenvalue weighted by Gasteiger charge is -2.19. The zero-order valence-corrected chi connectivity index (χ0v) is 10.8. The van der Waals surface area contributed by atoms with Gasteiger partial charge in [0.2, 0.25) is 0 Å². The van der Waals surface area contributed by atoms with Crippen molar-refractivity contribution in [2.45, 2.75) is 6.54 Å².